The van der Waals surface area contributed by atoms with E-state index in [9.17, 15) is 9.18 Å². The lowest BCUT2D eigenvalue weighted by Crippen LogP contribution is -2.51. The van der Waals surface area contributed by atoms with E-state index in [1.54, 1.807) is 12.3 Å². The minimum Gasteiger partial charge on any atom is -0.370 e. The van der Waals surface area contributed by atoms with Crippen LogP contribution in [0.1, 0.15) is 43.4 Å². The van der Waals surface area contributed by atoms with Crippen molar-refractivity contribution in [2.75, 3.05) is 11.9 Å². The molecule has 1 N–H and O–H groups in total. The molecule has 7 heteroatoms. The number of hydrogen-bond donors (Lipinski definition) is 1. The molecule has 2 unspecified atom stereocenters. The number of nitriles is 1. The van der Waals surface area contributed by atoms with Crippen LogP contribution in [0.5, 0.6) is 0 Å². The first kappa shape index (κ1) is 20.0. The van der Waals surface area contributed by atoms with Gasteiger partial charge in [-0.15, -0.1) is 0 Å². The fourth-order valence-corrected chi connectivity index (χ4v) is 5.98. The molecule has 5 heterocycles. The predicted octanol–water partition coefficient (Wildman–Crippen LogP) is 4.77. The zero-order valence-electron chi connectivity index (χ0n) is 18.4. The molecular weight excluding hydrogens is 417 g/mol. The molecule has 1 amide bonds. The normalized spacial score (nSPS) is 21.3. The molecule has 6 rings (SSSR count). The summed E-state index contributed by atoms with van der Waals surface area (Å²) < 4.78 is 14.2. The van der Waals surface area contributed by atoms with Gasteiger partial charge >= 0.3 is 0 Å². The molecule has 33 heavy (non-hydrogen) atoms. The lowest BCUT2D eigenvalue weighted by Gasteiger charge is -2.45. The maximum absolute atomic E-state index is 14.2. The third-order valence-corrected chi connectivity index (χ3v) is 7.33. The number of H-pyrrole nitrogens is 1. The Labute approximate surface area is 191 Å². The van der Waals surface area contributed by atoms with E-state index in [2.05, 4.69) is 20.9 Å². The largest absolute Gasteiger partial charge is 0.370 e. The number of anilines is 1. The molecule has 166 valence electrons. The molecule has 6 nitrogen and oxygen atoms in total. The van der Waals surface area contributed by atoms with Crippen LogP contribution >= 0.6 is 0 Å². The van der Waals surface area contributed by atoms with E-state index < -0.39 is 0 Å². The fourth-order valence-electron chi connectivity index (χ4n) is 5.98. The summed E-state index contributed by atoms with van der Waals surface area (Å²) in [6, 6.07) is 9.07. The summed E-state index contributed by atoms with van der Waals surface area (Å²) in [4.78, 5) is 24.9. The summed E-state index contributed by atoms with van der Waals surface area (Å²) in [6.07, 6.45) is 7.63. The van der Waals surface area contributed by atoms with Gasteiger partial charge in [-0.25, -0.2) is 9.37 Å². The number of fused-ring (bicyclic) bond motifs is 4. The Hall–Kier alpha value is -3.66. The smallest absolute Gasteiger partial charge is 0.237 e. The monoisotopic (exact) mass is 441 g/mol. The number of rotatable bonds is 2. The van der Waals surface area contributed by atoms with Gasteiger partial charge in [0.1, 0.15) is 17.9 Å². The second-order valence-electron chi connectivity index (χ2n) is 9.26. The van der Waals surface area contributed by atoms with Gasteiger partial charge in [-0.2, -0.15) is 5.26 Å². The number of aromatic nitrogens is 2. The zero-order valence-corrected chi connectivity index (χ0v) is 18.4. The first-order valence-electron chi connectivity index (χ1n) is 11.4. The highest BCUT2D eigenvalue weighted by Gasteiger charge is 2.38. The first-order valence-corrected chi connectivity index (χ1v) is 11.4. The predicted molar refractivity (Wildman–Crippen MR) is 125 cm³/mol. The molecule has 2 atom stereocenters. The van der Waals surface area contributed by atoms with Crippen LogP contribution in [0.4, 0.5) is 10.1 Å². The van der Waals surface area contributed by atoms with Crippen LogP contribution in [0.3, 0.4) is 0 Å². The Morgan fingerprint density at radius 3 is 3.00 bits per heavy atom. The molecule has 3 aliphatic heterocycles. The van der Waals surface area contributed by atoms with Crippen LogP contribution in [0.25, 0.3) is 27.7 Å². The van der Waals surface area contributed by atoms with Crippen molar-refractivity contribution in [3.8, 4) is 17.2 Å². The average molecular weight is 442 g/mol. The van der Waals surface area contributed by atoms with Crippen molar-refractivity contribution in [2.24, 2.45) is 0 Å². The molecule has 1 saturated heterocycles. The SMILES string of the molecule is CN1Cc2c(C3=CC4CCCC(C3)N4C(=O)CC#N)[nH]c3nccc(c23)-c2cc(F)ccc21. The number of nitrogens with zero attached hydrogens (tertiary/aromatic N) is 4. The Morgan fingerprint density at radius 2 is 2.18 bits per heavy atom. The number of aromatic amines is 1. The van der Waals surface area contributed by atoms with Crippen molar-refractivity contribution in [3.63, 3.8) is 0 Å². The highest BCUT2D eigenvalue weighted by molar-refractivity contribution is 6.03. The molecular formula is C26H24FN5O. The van der Waals surface area contributed by atoms with Crippen LogP contribution in [-0.4, -0.2) is 39.9 Å². The van der Waals surface area contributed by atoms with E-state index in [0.717, 1.165) is 64.8 Å². The van der Waals surface area contributed by atoms with Crippen molar-refractivity contribution >= 4 is 28.2 Å². The van der Waals surface area contributed by atoms with Gasteiger partial charge < -0.3 is 14.8 Å². The molecule has 3 aliphatic rings. The molecule has 0 aliphatic carbocycles. The van der Waals surface area contributed by atoms with Crippen LogP contribution < -0.4 is 4.90 Å². The van der Waals surface area contributed by atoms with Gasteiger partial charge in [0.15, 0.2) is 0 Å². The number of amides is 1. The highest BCUT2D eigenvalue weighted by atomic mass is 19.1. The summed E-state index contributed by atoms with van der Waals surface area (Å²) in [5, 5.41) is 10.1. The molecule has 2 aromatic heterocycles. The van der Waals surface area contributed by atoms with E-state index in [1.165, 1.54) is 11.6 Å². The fraction of sp³-hybridized carbons (Fsp3) is 0.346. The summed E-state index contributed by atoms with van der Waals surface area (Å²) in [5.41, 5.74) is 7.08. The zero-order chi connectivity index (χ0) is 22.7. The quantitative estimate of drug-likeness (QED) is 0.622. The van der Waals surface area contributed by atoms with Crippen LogP contribution in [0.2, 0.25) is 0 Å². The van der Waals surface area contributed by atoms with Gasteiger partial charge in [-0.3, -0.25) is 4.79 Å². The van der Waals surface area contributed by atoms with Gasteiger partial charge in [0.05, 0.1) is 12.1 Å². The van der Waals surface area contributed by atoms with E-state index in [0.29, 0.717) is 6.54 Å². The van der Waals surface area contributed by atoms with Gasteiger partial charge in [0, 0.05) is 53.7 Å². The number of carbonyl (C=O) groups is 1. The molecule has 0 spiro atoms. The topological polar surface area (TPSA) is 76.0 Å². The van der Waals surface area contributed by atoms with Crippen molar-refractivity contribution in [3.05, 3.63) is 53.6 Å². The highest BCUT2D eigenvalue weighted by Crippen LogP contribution is 2.45. The third-order valence-electron chi connectivity index (χ3n) is 7.33. The summed E-state index contributed by atoms with van der Waals surface area (Å²) >= 11 is 0. The van der Waals surface area contributed by atoms with Crippen molar-refractivity contribution in [1.82, 2.24) is 14.9 Å². The van der Waals surface area contributed by atoms with E-state index in [1.807, 2.05) is 30.1 Å². The number of carbonyl (C=O) groups excluding carboxylic acids is 1. The summed E-state index contributed by atoms with van der Waals surface area (Å²) in [5.74, 6) is -0.324. The van der Waals surface area contributed by atoms with Crippen LogP contribution in [-0.2, 0) is 11.3 Å². The Kier molecular flexibility index (Phi) is 4.51. The molecule has 2 bridgehead atoms. The van der Waals surface area contributed by atoms with Gasteiger partial charge in [-0.05, 0) is 61.1 Å². The molecule has 1 fully saturated rings. The van der Waals surface area contributed by atoms with E-state index in [-0.39, 0.29) is 30.2 Å². The molecule has 3 aromatic rings. The average Bonchev–Trinajstić information content (AvgIpc) is 3.10. The maximum Gasteiger partial charge on any atom is 0.237 e. The molecule has 0 saturated carbocycles. The van der Waals surface area contributed by atoms with Crippen molar-refractivity contribution < 1.29 is 9.18 Å². The number of hydrogen-bond acceptors (Lipinski definition) is 4. The summed E-state index contributed by atoms with van der Waals surface area (Å²) in [6.45, 7) is 0.677. The van der Waals surface area contributed by atoms with Gasteiger partial charge in [0.25, 0.3) is 0 Å². The Balaban J connectivity index is 1.50. The lowest BCUT2D eigenvalue weighted by atomic mass is 9.83. The van der Waals surface area contributed by atoms with Gasteiger partial charge in [0.2, 0.25) is 5.91 Å². The van der Waals surface area contributed by atoms with E-state index >= 15 is 0 Å². The molecule has 0 radical (unpaired) electrons. The number of nitrogens with one attached hydrogen (secondary N) is 1. The second kappa shape index (κ2) is 7.45. The lowest BCUT2D eigenvalue weighted by molar-refractivity contribution is -0.136. The Morgan fingerprint density at radius 1 is 1.30 bits per heavy atom. The number of pyridine rings is 1. The third kappa shape index (κ3) is 3.05. The first-order chi connectivity index (χ1) is 16.0. The van der Waals surface area contributed by atoms with Crippen molar-refractivity contribution in [1.29, 1.82) is 5.26 Å². The standard InChI is InChI=1S/C26H24FN5O/c1-31-14-21-24-19(20-13-16(27)5-6-22(20)31)8-10-29-26(24)30-25(21)15-11-17-3-2-4-18(12-15)32(17)23(33)7-9-28/h5-6,8,10-11,13,17-18H,2-4,7,12,14H2,1H3,(H,29,30). The Bertz CT molecular complexity index is 1370. The second-order valence-corrected chi connectivity index (χ2v) is 9.26. The number of halogens is 1. The minimum atomic E-state index is -0.253. The van der Waals surface area contributed by atoms with Crippen molar-refractivity contribution in [2.45, 2.75) is 50.7 Å². The summed E-state index contributed by atoms with van der Waals surface area (Å²) in [7, 11) is 2.03. The maximum atomic E-state index is 14.2. The van der Waals surface area contributed by atoms with E-state index in [4.69, 9.17) is 5.26 Å². The number of piperidine rings is 1. The van der Waals surface area contributed by atoms with Gasteiger partial charge in [-0.1, -0.05) is 6.08 Å². The number of benzene rings is 1. The molecule has 1 aromatic carbocycles. The van der Waals surface area contributed by atoms with Crippen LogP contribution in [0, 0.1) is 17.1 Å². The van der Waals surface area contributed by atoms with Crippen LogP contribution in [0.15, 0.2) is 36.5 Å². The minimum absolute atomic E-state index is 0.0224.